The molecular formula is C18H31NO. The SMILES string of the molecule is Cc1cc(OCCCCNC(C)(C)C)ccc1C(C)C. The van der Waals surface area contributed by atoms with Gasteiger partial charge in [-0.1, -0.05) is 19.9 Å². The molecule has 1 aromatic rings. The predicted octanol–water partition coefficient (Wildman–Crippen LogP) is 4.67. The highest BCUT2D eigenvalue weighted by molar-refractivity contribution is 5.36. The molecule has 0 saturated carbocycles. The Kier molecular flexibility index (Phi) is 6.54. The second-order valence-electron chi connectivity index (χ2n) is 6.91. The van der Waals surface area contributed by atoms with Crippen molar-refractivity contribution < 1.29 is 4.74 Å². The first-order valence-corrected chi connectivity index (χ1v) is 7.78. The first-order chi connectivity index (χ1) is 9.29. The van der Waals surface area contributed by atoms with Gasteiger partial charge in [-0.3, -0.25) is 0 Å². The Bertz CT molecular complexity index is 404. The lowest BCUT2D eigenvalue weighted by Gasteiger charge is -2.20. The summed E-state index contributed by atoms with van der Waals surface area (Å²) in [5, 5.41) is 3.49. The zero-order chi connectivity index (χ0) is 15.2. The molecule has 0 amide bonds. The fourth-order valence-corrected chi connectivity index (χ4v) is 2.27. The number of ether oxygens (including phenoxy) is 1. The van der Waals surface area contributed by atoms with Gasteiger partial charge >= 0.3 is 0 Å². The Morgan fingerprint density at radius 1 is 1.15 bits per heavy atom. The number of aryl methyl sites for hydroxylation is 1. The van der Waals surface area contributed by atoms with Crippen molar-refractivity contribution in [3.05, 3.63) is 29.3 Å². The minimum atomic E-state index is 0.213. The van der Waals surface area contributed by atoms with Crippen molar-refractivity contribution in [1.82, 2.24) is 5.32 Å². The fraction of sp³-hybridized carbons (Fsp3) is 0.667. The first-order valence-electron chi connectivity index (χ1n) is 7.78. The van der Waals surface area contributed by atoms with E-state index in [1.54, 1.807) is 0 Å². The minimum absolute atomic E-state index is 0.213. The quantitative estimate of drug-likeness (QED) is 0.732. The topological polar surface area (TPSA) is 21.3 Å². The van der Waals surface area contributed by atoms with Crippen LogP contribution in [-0.4, -0.2) is 18.7 Å². The average Bonchev–Trinajstić information content (AvgIpc) is 2.32. The van der Waals surface area contributed by atoms with Crippen molar-refractivity contribution >= 4 is 0 Å². The summed E-state index contributed by atoms with van der Waals surface area (Å²) in [4.78, 5) is 0. The number of rotatable bonds is 7. The van der Waals surface area contributed by atoms with E-state index in [-0.39, 0.29) is 5.54 Å². The van der Waals surface area contributed by atoms with Gasteiger partial charge in [0.2, 0.25) is 0 Å². The Hall–Kier alpha value is -1.02. The third kappa shape index (κ3) is 6.42. The normalized spacial score (nSPS) is 11.9. The molecule has 0 aromatic heterocycles. The second-order valence-corrected chi connectivity index (χ2v) is 6.91. The van der Waals surface area contributed by atoms with Gasteiger partial charge in [-0.05, 0) is 76.3 Å². The van der Waals surface area contributed by atoms with E-state index in [9.17, 15) is 0 Å². The van der Waals surface area contributed by atoms with Gasteiger partial charge in [0.05, 0.1) is 6.61 Å². The zero-order valence-corrected chi connectivity index (χ0v) is 14.0. The molecule has 0 atom stereocenters. The van der Waals surface area contributed by atoms with Crippen LogP contribution in [0.1, 0.15) is 64.5 Å². The molecule has 0 aliphatic carbocycles. The Morgan fingerprint density at radius 3 is 2.40 bits per heavy atom. The smallest absolute Gasteiger partial charge is 0.119 e. The van der Waals surface area contributed by atoms with Crippen molar-refractivity contribution in [2.24, 2.45) is 0 Å². The summed E-state index contributed by atoms with van der Waals surface area (Å²) in [5.41, 5.74) is 2.95. The molecule has 20 heavy (non-hydrogen) atoms. The van der Waals surface area contributed by atoms with Gasteiger partial charge in [0.15, 0.2) is 0 Å². The van der Waals surface area contributed by atoms with Crippen molar-refractivity contribution in [3.63, 3.8) is 0 Å². The third-order valence-corrected chi connectivity index (χ3v) is 3.36. The second kappa shape index (κ2) is 7.68. The van der Waals surface area contributed by atoms with Crippen LogP contribution in [0.5, 0.6) is 5.75 Å². The van der Waals surface area contributed by atoms with Crippen molar-refractivity contribution in [3.8, 4) is 5.75 Å². The Labute approximate surface area is 124 Å². The molecule has 1 aromatic carbocycles. The van der Waals surface area contributed by atoms with Crippen LogP contribution in [-0.2, 0) is 0 Å². The van der Waals surface area contributed by atoms with Crippen LogP contribution >= 0.6 is 0 Å². The molecule has 0 spiro atoms. The summed E-state index contributed by atoms with van der Waals surface area (Å²) in [5.74, 6) is 1.57. The fourth-order valence-electron chi connectivity index (χ4n) is 2.27. The molecule has 1 N–H and O–H groups in total. The molecule has 0 unspecified atom stereocenters. The Balaban J connectivity index is 2.27. The maximum absolute atomic E-state index is 5.83. The van der Waals surface area contributed by atoms with Crippen LogP contribution in [0, 0.1) is 6.92 Å². The standard InChI is InChI=1S/C18H31NO/c1-14(2)17-10-9-16(13-15(17)3)20-12-8-7-11-19-18(4,5)6/h9-10,13-14,19H,7-8,11-12H2,1-6H3. The van der Waals surface area contributed by atoms with E-state index in [0.29, 0.717) is 5.92 Å². The molecule has 114 valence electrons. The molecule has 2 heteroatoms. The van der Waals surface area contributed by atoms with Gasteiger partial charge < -0.3 is 10.1 Å². The number of unbranched alkanes of at least 4 members (excludes halogenated alkanes) is 1. The molecule has 0 saturated heterocycles. The van der Waals surface area contributed by atoms with Crippen LogP contribution < -0.4 is 10.1 Å². The summed E-state index contributed by atoms with van der Waals surface area (Å²) in [6.07, 6.45) is 2.24. The lowest BCUT2D eigenvalue weighted by molar-refractivity contribution is 0.301. The van der Waals surface area contributed by atoms with Gasteiger partial charge in [0.1, 0.15) is 5.75 Å². The number of hydrogen-bond donors (Lipinski definition) is 1. The summed E-state index contributed by atoms with van der Waals surface area (Å²) in [6.45, 7) is 15.1. The molecule has 0 aliphatic heterocycles. The molecule has 0 heterocycles. The maximum Gasteiger partial charge on any atom is 0.119 e. The van der Waals surface area contributed by atoms with Crippen LogP contribution in [0.2, 0.25) is 0 Å². The van der Waals surface area contributed by atoms with E-state index in [4.69, 9.17) is 4.74 Å². The maximum atomic E-state index is 5.83. The van der Waals surface area contributed by atoms with Gasteiger partial charge in [0.25, 0.3) is 0 Å². The summed E-state index contributed by atoms with van der Waals surface area (Å²) in [6, 6.07) is 6.44. The van der Waals surface area contributed by atoms with Gasteiger partial charge in [-0.25, -0.2) is 0 Å². The summed E-state index contributed by atoms with van der Waals surface area (Å²) >= 11 is 0. The van der Waals surface area contributed by atoms with Crippen LogP contribution in [0.3, 0.4) is 0 Å². The van der Waals surface area contributed by atoms with E-state index in [0.717, 1.165) is 31.7 Å². The van der Waals surface area contributed by atoms with E-state index in [1.807, 2.05) is 0 Å². The predicted molar refractivity (Wildman–Crippen MR) is 87.8 cm³/mol. The Morgan fingerprint density at radius 2 is 1.85 bits per heavy atom. The van der Waals surface area contributed by atoms with Crippen LogP contribution in [0.25, 0.3) is 0 Å². The largest absolute Gasteiger partial charge is 0.494 e. The number of benzene rings is 1. The van der Waals surface area contributed by atoms with Crippen LogP contribution in [0.4, 0.5) is 0 Å². The summed E-state index contributed by atoms with van der Waals surface area (Å²) < 4.78 is 5.83. The van der Waals surface area contributed by atoms with E-state index in [2.05, 4.69) is 65.1 Å². The first kappa shape index (κ1) is 17.0. The molecule has 0 aliphatic rings. The highest BCUT2D eigenvalue weighted by Gasteiger charge is 2.07. The molecule has 0 bridgehead atoms. The number of hydrogen-bond acceptors (Lipinski definition) is 2. The molecule has 0 fully saturated rings. The molecule has 1 rings (SSSR count). The summed E-state index contributed by atoms with van der Waals surface area (Å²) in [7, 11) is 0. The van der Waals surface area contributed by atoms with E-state index in [1.165, 1.54) is 11.1 Å². The third-order valence-electron chi connectivity index (χ3n) is 3.36. The van der Waals surface area contributed by atoms with E-state index < -0.39 is 0 Å². The molecule has 2 nitrogen and oxygen atoms in total. The zero-order valence-electron chi connectivity index (χ0n) is 14.0. The minimum Gasteiger partial charge on any atom is -0.494 e. The van der Waals surface area contributed by atoms with Crippen molar-refractivity contribution in [1.29, 1.82) is 0 Å². The lowest BCUT2D eigenvalue weighted by Crippen LogP contribution is -2.36. The van der Waals surface area contributed by atoms with Crippen LogP contribution in [0.15, 0.2) is 18.2 Å². The van der Waals surface area contributed by atoms with Gasteiger partial charge in [-0.2, -0.15) is 0 Å². The van der Waals surface area contributed by atoms with Crippen molar-refractivity contribution in [2.45, 2.75) is 65.8 Å². The molecule has 0 radical (unpaired) electrons. The highest BCUT2D eigenvalue weighted by atomic mass is 16.5. The number of nitrogens with one attached hydrogen (secondary N) is 1. The highest BCUT2D eigenvalue weighted by Crippen LogP contribution is 2.23. The van der Waals surface area contributed by atoms with Gasteiger partial charge in [-0.15, -0.1) is 0 Å². The van der Waals surface area contributed by atoms with Crippen molar-refractivity contribution in [2.75, 3.05) is 13.2 Å². The molecular weight excluding hydrogens is 246 g/mol. The van der Waals surface area contributed by atoms with E-state index >= 15 is 0 Å². The van der Waals surface area contributed by atoms with Gasteiger partial charge in [0, 0.05) is 5.54 Å². The lowest BCUT2D eigenvalue weighted by atomic mass is 9.98. The monoisotopic (exact) mass is 277 g/mol. The average molecular weight is 277 g/mol.